The van der Waals surface area contributed by atoms with Gasteiger partial charge in [-0.2, -0.15) is 5.10 Å². The lowest BCUT2D eigenvalue weighted by atomic mass is 10.0. The lowest BCUT2D eigenvalue weighted by Gasteiger charge is -2.17. The first-order valence-electron chi connectivity index (χ1n) is 8.22. The maximum absolute atomic E-state index is 12.9. The van der Waals surface area contributed by atoms with Gasteiger partial charge in [-0.3, -0.25) is 4.79 Å². The summed E-state index contributed by atoms with van der Waals surface area (Å²) in [5.41, 5.74) is 2.75. The molecule has 0 saturated carbocycles. The van der Waals surface area contributed by atoms with Gasteiger partial charge in [0.15, 0.2) is 5.65 Å². The Morgan fingerprint density at radius 2 is 2.24 bits per heavy atom. The second kappa shape index (κ2) is 5.96. The highest BCUT2D eigenvalue weighted by Crippen LogP contribution is 2.24. The van der Waals surface area contributed by atoms with Crippen LogP contribution in [-0.2, 0) is 6.42 Å². The summed E-state index contributed by atoms with van der Waals surface area (Å²) >= 11 is 0. The van der Waals surface area contributed by atoms with Gasteiger partial charge in [0.25, 0.3) is 5.91 Å². The zero-order valence-electron chi connectivity index (χ0n) is 14.1. The molecular weight excluding hydrogens is 322 g/mol. The monoisotopic (exact) mass is 341 g/mol. The van der Waals surface area contributed by atoms with Gasteiger partial charge in [0.05, 0.1) is 29.3 Å². The second-order valence-corrected chi connectivity index (χ2v) is 6.53. The number of carbonyl (C=O) groups is 1. The number of aryl methyl sites for hydroxylation is 2. The van der Waals surface area contributed by atoms with Crippen molar-refractivity contribution in [3.8, 4) is 0 Å². The van der Waals surface area contributed by atoms with Crippen LogP contribution in [0.2, 0.25) is 0 Å². The van der Waals surface area contributed by atoms with Crippen molar-refractivity contribution in [1.29, 1.82) is 0 Å². The summed E-state index contributed by atoms with van der Waals surface area (Å²) in [6.07, 6.45) is 3.20. The first kappa shape index (κ1) is 15.8. The number of aliphatic hydroxyl groups is 1. The smallest absolute Gasteiger partial charge is 0.257 e. The van der Waals surface area contributed by atoms with E-state index in [2.05, 4.69) is 15.2 Å². The number of likely N-dealkylation sites (tertiary alicyclic amines) is 1. The van der Waals surface area contributed by atoms with Crippen LogP contribution in [0.1, 0.15) is 27.5 Å². The Bertz CT molecular complexity index is 931. The summed E-state index contributed by atoms with van der Waals surface area (Å²) in [4.78, 5) is 18.8. The molecule has 1 aliphatic heterocycles. The van der Waals surface area contributed by atoms with Crippen LogP contribution in [0.3, 0.4) is 0 Å². The topological polar surface area (TPSA) is 96.8 Å². The standard InChI is InChI=1S/C17H19N5O3/c1-10-5-13(25-20-10)6-12-8-21(9-15(12)23)17(24)14-7-18-16-3-4-19-22(16)11(14)2/h3-5,7,12,15,23H,6,8-9H2,1-2H3/t12-,15+/m1/s1. The number of hydrogen-bond donors (Lipinski definition) is 1. The van der Waals surface area contributed by atoms with Crippen molar-refractivity contribution in [2.45, 2.75) is 26.4 Å². The summed E-state index contributed by atoms with van der Waals surface area (Å²) in [6.45, 7) is 4.47. The van der Waals surface area contributed by atoms with Gasteiger partial charge in [0.1, 0.15) is 5.76 Å². The fourth-order valence-electron chi connectivity index (χ4n) is 3.36. The quantitative estimate of drug-likeness (QED) is 0.764. The van der Waals surface area contributed by atoms with Crippen molar-refractivity contribution in [2.75, 3.05) is 13.1 Å². The Morgan fingerprint density at radius 1 is 1.40 bits per heavy atom. The van der Waals surface area contributed by atoms with Gasteiger partial charge in [-0.05, 0) is 13.8 Å². The maximum Gasteiger partial charge on any atom is 0.257 e. The molecule has 1 aliphatic rings. The first-order chi connectivity index (χ1) is 12.0. The summed E-state index contributed by atoms with van der Waals surface area (Å²) in [6, 6.07) is 3.65. The number of nitrogens with zero attached hydrogens (tertiary/aromatic N) is 5. The Morgan fingerprint density at radius 3 is 3.00 bits per heavy atom. The third-order valence-corrected chi connectivity index (χ3v) is 4.72. The fourth-order valence-corrected chi connectivity index (χ4v) is 3.36. The number of aliphatic hydroxyl groups excluding tert-OH is 1. The Labute approximate surface area is 144 Å². The molecule has 1 fully saturated rings. The molecule has 2 atom stereocenters. The third-order valence-electron chi connectivity index (χ3n) is 4.72. The molecule has 0 unspecified atom stereocenters. The molecule has 25 heavy (non-hydrogen) atoms. The van der Waals surface area contributed by atoms with E-state index in [1.54, 1.807) is 27.9 Å². The van der Waals surface area contributed by atoms with Gasteiger partial charge in [-0.15, -0.1) is 0 Å². The minimum Gasteiger partial charge on any atom is -0.391 e. The van der Waals surface area contributed by atoms with Crippen LogP contribution < -0.4 is 0 Å². The van der Waals surface area contributed by atoms with Gasteiger partial charge in [0.2, 0.25) is 0 Å². The number of rotatable bonds is 3. The van der Waals surface area contributed by atoms with Crippen LogP contribution in [-0.4, -0.2) is 54.9 Å². The predicted octanol–water partition coefficient (Wildman–Crippen LogP) is 1.01. The molecule has 4 rings (SSSR count). The molecule has 1 amide bonds. The third kappa shape index (κ3) is 2.78. The zero-order valence-corrected chi connectivity index (χ0v) is 14.1. The van der Waals surface area contributed by atoms with Crippen LogP contribution in [0, 0.1) is 19.8 Å². The Kier molecular flexibility index (Phi) is 3.76. The normalized spacial score (nSPS) is 20.5. The van der Waals surface area contributed by atoms with Crippen molar-refractivity contribution < 1.29 is 14.4 Å². The van der Waals surface area contributed by atoms with Crippen molar-refractivity contribution >= 4 is 11.6 Å². The van der Waals surface area contributed by atoms with Crippen LogP contribution in [0.5, 0.6) is 0 Å². The minimum absolute atomic E-state index is 0.0713. The van der Waals surface area contributed by atoms with Gasteiger partial charge < -0.3 is 14.5 Å². The van der Waals surface area contributed by atoms with E-state index in [0.717, 1.165) is 17.1 Å². The highest BCUT2D eigenvalue weighted by molar-refractivity contribution is 5.95. The van der Waals surface area contributed by atoms with Crippen LogP contribution in [0.4, 0.5) is 0 Å². The van der Waals surface area contributed by atoms with Gasteiger partial charge >= 0.3 is 0 Å². The minimum atomic E-state index is -0.587. The van der Waals surface area contributed by atoms with Crippen LogP contribution >= 0.6 is 0 Å². The fraction of sp³-hybridized carbons (Fsp3) is 0.412. The van der Waals surface area contributed by atoms with Crippen LogP contribution in [0.25, 0.3) is 5.65 Å². The van der Waals surface area contributed by atoms with E-state index in [9.17, 15) is 9.90 Å². The van der Waals surface area contributed by atoms with Gasteiger partial charge in [0, 0.05) is 43.8 Å². The summed E-state index contributed by atoms with van der Waals surface area (Å²) in [5.74, 6) is 0.516. The maximum atomic E-state index is 12.9. The van der Waals surface area contributed by atoms with Crippen molar-refractivity contribution in [1.82, 2.24) is 24.7 Å². The van der Waals surface area contributed by atoms with Crippen LogP contribution in [0.15, 0.2) is 29.0 Å². The molecule has 0 radical (unpaired) electrons. The van der Waals surface area contributed by atoms with Crippen molar-refractivity contribution in [3.05, 3.63) is 47.2 Å². The van der Waals surface area contributed by atoms with E-state index < -0.39 is 6.10 Å². The molecule has 8 nitrogen and oxygen atoms in total. The summed E-state index contributed by atoms with van der Waals surface area (Å²) in [5, 5.41) is 18.4. The number of hydrogen-bond acceptors (Lipinski definition) is 6. The second-order valence-electron chi connectivity index (χ2n) is 6.53. The Balaban J connectivity index is 1.53. The lowest BCUT2D eigenvalue weighted by molar-refractivity contribution is 0.0762. The number of β-amino-alcohol motifs (C(OH)–C–C–N with tert-alkyl or cyclic N) is 1. The lowest BCUT2D eigenvalue weighted by Crippen LogP contribution is -2.30. The molecule has 130 valence electrons. The van der Waals surface area contributed by atoms with E-state index >= 15 is 0 Å². The SMILES string of the molecule is Cc1cc(C[C@@H]2CN(C(=O)c3cnc4ccnn4c3C)C[C@@H]2O)on1. The van der Waals surface area contributed by atoms with E-state index in [1.807, 2.05) is 19.9 Å². The highest BCUT2D eigenvalue weighted by Gasteiger charge is 2.35. The molecule has 1 saturated heterocycles. The molecule has 3 aromatic heterocycles. The number of aromatic nitrogens is 4. The summed E-state index contributed by atoms with van der Waals surface area (Å²) < 4.78 is 6.87. The molecule has 0 bridgehead atoms. The van der Waals surface area contributed by atoms with Crippen molar-refractivity contribution in [2.24, 2.45) is 5.92 Å². The van der Waals surface area contributed by atoms with Crippen molar-refractivity contribution in [3.63, 3.8) is 0 Å². The Hall–Kier alpha value is -2.74. The highest BCUT2D eigenvalue weighted by atomic mass is 16.5. The molecule has 8 heteroatoms. The molecule has 3 aromatic rings. The molecule has 4 heterocycles. The number of carbonyl (C=O) groups excluding carboxylic acids is 1. The van der Waals surface area contributed by atoms with E-state index in [0.29, 0.717) is 30.7 Å². The average Bonchev–Trinajstić information content (AvgIpc) is 3.29. The average molecular weight is 341 g/mol. The van der Waals surface area contributed by atoms with Gasteiger partial charge in [-0.1, -0.05) is 5.16 Å². The zero-order chi connectivity index (χ0) is 17.6. The molecule has 0 aliphatic carbocycles. The van der Waals surface area contributed by atoms with E-state index in [4.69, 9.17) is 4.52 Å². The van der Waals surface area contributed by atoms with E-state index in [-0.39, 0.29) is 11.8 Å². The van der Waals surface area contributed by atoms with Gasteiger partial charge in [-0.25, -0.2) is 9.50 Å². The summed E-state index contributed by atoms with van der Waals surface area (Å²) in [7, 11) is 0. The number of amides is 1. The first-order valence-corrected chi connectivity index (χ1v) is 8.22. The largest absolute Gasteiger partial charge is 0.391 e. The molecule has 1 N–H and O–H groups in total. The molecular formula is C17H19N5O3. The van der Waals surface area contributed by atoms with E-state index in [1.165, 1.54) is 0 Å². The molecule has 0 aromatic carbocycles. The number of fused-ring (bicyclic) bond motifs is 1. The molecule has 0 spiro atoms. The predicted molar refractivity (Wildman–Crippen MR) is 88.1 cm³/mol.